The molecule has 2 nitrogen and oxygen atoms in total. The Morgan fingerprint density at radius 3 is 2.78 bits per heavy atom. The highest BCUT2D eigenvalue weighted by atomic mass is 79.9. The van der Waals surface area contributed by atoms with Gasteiger partial charge in [-0.2, -0.15) is 0 Å². The summed E-state index contributed by atoms with van der Waals surface area (Å²) in [5, 5.41) is 3.41. The van der Waals surface area contributed by atoms with Crippen molar-refractivity contribution in [3.8, 4) is 5.75 Å². The molecular formula is C15H24BrNO. The topological polar surface area (TPSA) is 21.3 Å². The van der Waals surface area contributed by atoms with Crippen molar-refractivity contribution in [2.45, 2.75) is 40.2 Å². The van der Waals surface area contributed by atoms with Gasteiger partial charge in [-0.15, -0.1) is 0 Å². The summed E-state index contributed by atoms with van der Waals surface area (Å²) in [4.78, 5) is 0. The Morgan fingerprint density at radius 2 is 2.11 bits per heavy atom. The lowest BCUT2D eigenvalue weighted by atomic mass is 10.1. The van der Waals surface area contributed by atoms with Crippen molar-refractivity contribution in [3.05, 3.63) is 28.2 Å². The summed E-state index contributed by atoms with van der Waals surface area (Å²) in [6.07, 6.45) is 2.31. The van der Waals surface area contributed by atoms with Gasteiger partial charge in [-0.05, 0) is 42.6 Å². The zero-order valence-corrected chi connectivity index (χ0v) is 13.2. The highest BCUT2D eigenvalue weighted by Gasteiger charge is 2.04. The Labute approximate surface area is 119 Å². The van der Waals surface area contributed by atoms with Crippen LogP contribution in [0.5, 0.6) is 5.75 Å². The molecule has 1 rings (SSSR count). The molecule has 0 amide bonds. The molecule has 18 heavy (non-hydrogen) atoms. The first kappa shape index (κ1) is 15.5. The summed E-state index contributed by atoms with van der Waals surface area (Å²) in [5.74, 6) is 1.57. The van der Waals surface area contributed by atoms with E-state index in [9.17, 15) is 0 Å². The molecule has 0 bridgehead atoms. The van der Waals surface area contributed by atoms with Crippen molar-refractivity contribution < 1.29 is 4.74 Å². The van der Waals surface area contributed by atoms with Gasteiger partial charge >= 0.3 is 0 Å². The molecule has 1 aromatic carbocycles. The van der Waals surface area contributed by atoms with E-state index in [1.807, 2.05) is 6.07 Å². The second-order valence-electron chi connectivity index (χ2n) is 4.75. The molecule has 0 fully saturated rings. The van der Waals surface area contributed by atoms with Crippen LogP contribution in [0, 0.1) is 5.92 Å². The number of nitrogens with one attached hydrogen (secondary N) is 1. The Bertz CT molecular complexity index is 354. The van der Waals surface area contributed by atoms with Crippen LogP contribution in [-0.2, 0) is 6.54 Å². The van der Waals surface area contributed by atoms with E-state index in [-0.39, 0.29) is 0 Å². The van der Waals surface area contributed by atoms with Gasteiger partial charge in [0.2, 0.25) is 0 Å². The lowest BCUT2D eigenvalue weighted by Gasteiger charge is -2.13. The zero-order chi connectivity index (χ0) is 13.4. The summed E-state index contributed by atoms with van der Waals surface area (Å²) < 4.78 is 6.95. The number of rotatable bonds is 8. The van der Waals surface area contributed by atoms with E-state index in [0.717, 1.165) is 42.8 Å². The van der Waals surface area contributed by atoms with Gasteiger partial charge in [0.1, 0.15) is 5.75 Å². The minimum absolute atomic E-state index is 0.607. The van der Waals surface area contributed by atoms with Crippen LogP contribution in [0.3, 0.4) is 0 Å². The van der Waals surface area contributed by atoms with Crippen LogP contribution in [0.15, 0.2) is 22.7 Å². The second-order valence-corrected chi connectivity index (χ2v) is 5.61. The van der Waals surface area contributed by atoms with E-state index in [2.05, 4.69) is 54.2 Å². The molecule has 0 heterocycles. The van der Waals surface area contributed by atoms with Crippen molar-refractivity contribution in [1.82, 2.24) is 5.32 Å². The summed E-state index contributed by atoms with van der Waals surface area (Å²) in [7, 11) is 0. The predicted octanol–water partition coefficient (Wildman–Crippen LogP) is 4.37. The van der Waals surface area contributed by atoms with Gasteiger partial charge in [-0.3, -0.25) is 0 Å². The van der Waals surface area contributed by atoms with Crippen molar-refractivity contribution >= 4 is 15.9 Å². The van der Waals surface area contributed by atoms with Crippen LogP contribution < -0.4 is 10.1 Å². The van der Waals surface area contributed by atoms with E-state index in [1.54, 1.807) is 0 Å². The van der Waals surface area contributed by atoms with Crippen molar-refractivity contribution in [3.63, 3.8) is 0 Å². The fourth-order valence-electron chi connectivity index (χ4n) is 1.53. The van der Waals surface area contributed by atoms with Crippen LogP contribution in [0.4, 0.5) is 0 Å². The standard InChI is InChI=1S/C15H24BrNO/c1-4-8-17-10-13-9-14(6-7-15(13)16)18-11-12(3)5-2/h6-7,9,12,17H,4-5,8,10-11H2,1-3H3. The van der Waals surface area contributed by atoms with Gasteiger partial charge in [-0.25, -0.2) is 0 Å². The Morgan fingerprint density at radius 1 is 1.33 bits per heavy atom. The number of halogens is 1. The summed E-state index contributed by atoms with van der Waals surface area (Å²) >= 11 is 3.58. The maximum absolute atomic E-state index is 5.81. The number of hydrogen-bond donors (Lipinski definition) is 1. The first-order valence-electron chi connectivity index (χ1n) is 6.79. The first-order valence-corrected chi connectivity index (χ1v) is 7.58. The lowest BCUT2D eigenvalue weighted by molar-refractivity contribution is 0.256. The van der Waals surface area contributed by atoms with Gasteiger partial charge in [0, 0.05) is 11.0 Å². The molecule has 0 saturated carbocycles. The third kappa shape index (κ3) is 5.40. The van der Waals surface area contributed by atoms with E-state index in [1.165, 1.54) is 5.56 Å². The monoisotopic (exact) mass is 313 g/mol. The Hall–Kier alpha value is -0.540. The van der Waals surface area contributed by atoms with Gasteiger partial charge in [-0.1, -0.05) is 43.1 Å². The third-order valence-electron chi connectivity index (χ3n) is 2.99. The average Bonchev–Trinajstić information content (AvgIpc) is 2.39. The maximum Gasteiger partial charge on any atom is 0.119 e. The highest BCUT2D eigenvalue weighted by Crippen LogP contribution is 2.23. The molecule has 0 aromatic heterocycles. The van der Waals surface area contributed by atoms with Crippen LogP contribution in [0.25, 0.3) is 0 Å². The first-order chi connectivity index (χ1) is 8.67. The molecule has 1 N–H and O–H groups in total. The second kappa shape index (κ2) is 8.54. The summed E-state index contributed by atoms with van der Waals surface area (Å²) in [6, 6.07) is 6.21. The van der Waals surface area contributed by atoms with E-state index >= 15 is 0 Å². The molecule has 0 aliphatic rings. The van der Waals surface area contributed by atoms with E-state index < -0.39 is 0 Å². The SMILES string of the molecule is CCCNCc1cc(OCC(C)CC)ccc1Br. The van der Waals surface area contributed by atoms with Crippen LogP contribution in [-0.4, -0.2) is 13.2 Å². The third-order valence-corrected chi connectivity index (χ3v) is 3.76. The summed E-state index contributed by atoms with van der Waals surface area (Å²) in [5.41, 5.74) is 1.25. The van der Waals surface area contributed by atoms with Crippen LogP contribution in [0.2, 0.25) is 0 Å². The average molecular weight is 314 g/mol. The van der Waals surface area contributed by atoms with Gasteiger partial charge in [0.25, 0.3) is 0 Å². The largest absolute Gasteiger partial charge is 0.493 e. The van der Waals surface area contributed by atoms with E-state index in [0.29, 0.717) is 5.92 Å². The number of benzene rings is 1. The predicted molar refractivity (Wildman–Crippen MR) is 81.1 cm³/mol. The van der Waals surface area contributed by atoms with Crippen molar-refractivity contribution in [2.75, 3.05) is 13.2 Å². The minimum atomic E-state index is 0.607. The van der Waals surface area contributed by atoms with Crippen LogP contribution >= 0.6 is 15.9 Å². The van der Waals surface area contributed by atoms with Gasteiger partial charge in [0.05, 0.1) is 6.61 Å². The Balaban J connectivity index is 2.56. The number of hydrogen-bond acceptors (Lipinski definition) is 2. The smallest absolute Gasteiger partial charge is 0.119 e. The molecule has 1 unspecified atom stereocenters. The van der Waals surface area contributed by atoms with Crippen molar-refractivity contribution in [2.24, 2.45) is 5.92 Å². The molecule has 1 aromatic rings. The quantitative estimate of drug-likeness (QED) is 0.719. The molecule has 0 aliphatic carbocycles. The lowest BCUT2D eigenvalue weighted by Crippen LogP contribution is -2.14. The molecule has 3 heteroatoms. The molecule has 0 radical (unpaired) electrons. The molecule has 0 aliphatic heterocycles. The molecule has 102 valence electrons. The highest BCUT2D eigenvalue weighted by molar-refractivity contribution is 9.10. The summed E-state index contributed by atoms with van der Waals surface area (Å²) in [6.45, 7) is 9.30. The normalized spacial score (nSPS) is 12.4. The fraction of sp³-hybridized carbons (Fsp3) is 0.600. The van der Waals surface area contributed by atoms with Crippen molar-refractivity contribution in [1.29, 1.82) is 0 Å². The van der Waals surface area contributed by atoms with Gasteiger partial charge < -0.3 is 10.1 Å². The fourth-order valence-corrected chi connectivity index (χ4v) is 1.92. The molecule has 1 atom stereocenters. The molecular weight excluding hydrogens is 290 g/mol. The van der Waals surface area contributed by atoms with Gasteiger partial charge in [0.15, 0.2) is 0 Å². The van der Waals surface area contributed by atoms with Crippen LogP contribution in [0.1, 0.15) is 39.2 Å². The van der Waals surface area contributed by atoms with E-state index in [4.69, 9.17) is 4.74 Å². The maximum atomic E-state index is 5.81. The molecule has 0 spiro atoms. The molecule has 0 saturated heterocycles. The Kier molecular flexibility index (Phi) is 7.36. The number of ether oxygens (including phenoxy) is 1. The minimum Gasteiger partial charge on any atom is -0.493 e. The zero-order valence-electron chi connectivity index (χ0n) is 11.6.